The third-order valence-electron chi connectivity index (χ3n) is 6.66. The van der Waals surface area contributed by atoms with Gasteiger partial charge in [-0.1, -0.05) is 56.1 Å². The van der Waals surface area contributed by atoms with Crippen LogP contribution in [-0.4, -0.2) is 62.3 Å². The van der Waals surface area contributed by atoms with Gasteiger partial charge in [-0.2, -0.15) is 0 Å². The number of rotatable bonds is 4. The van der Waals surface area contributed by atoms with Crippen LogP contribution in [0, 0.1) is 0 Å². The summed E-state index contributed by atoms with van der Waals surface area (Å²) in [5.74, 6) is 0. The summed E-state index contributed by atoms with van der Waals surface area (Å²) >= 11 is 7.43. The number of hydrogen-bond donors (Lipinski definition) is 0. The van der Waals surface area contributed by atoms with Crippen molar-refractivity contribution in [3.8, 4) is 0 Å². The highest BCUT2D eigenvalue weighted by molar-refractivity contribution is 9.10. The molecule has 30 heavy (non-hydrogen) atoms. The molecule has 2 unspecified atom stereocenters. The van der Waals surface area contributed by atoms with Crippen molar-refractivity contribution in [3.63, 3.8) is 0 Å². The van der Waals surface area contributed by atoms with Gasteiger partial charge in [-0.15, -0.1) is 0 Å². The third kappa shape index (κ3) is 4.41. The van der Waals surface area contributed by atoms with Crippen molar-refractivity contribution >= 4 is 31.9 Å². The van der Waals surface area contributed by atoms with E-state index in [1.165, 1.54) is 31.2 Å². The second-order valence-corrected chi connectivity index (χ2v) is 10.1. The predicted octanol–water partition coefficient (Wildman–Crippen LogP) is 4.76. The van der Waals surface area contributed by atoms with Crippen molar-refractivity contribution < 1.29 is 9.47 Å². The Kier molecular flexibility index (Phi) is 6.61. The zero-order valence-electron chi connectivity index (χ0n) is 17.2. The number of nitrogens with zero attached hydrogens (tertiary/aromatic N) is 2. The zero-order chi connectivity index (χ0) is 20.5. The lowest BCUT2D eigenvalue weighted by Gasteiger charge is -2.39. The van der Waals surface area contributed by atoms with E-state index in [1.54, 1.807) is 0 Å². The monoisotopic (exact) mass is 534 g/mol. The van der Waals surface area contributed by atoms with Crippen LogP contribution in [0.3, 0.4) is 0 Å². The predicted molar refractivity (Wildman–Crippen MR) is 126 cm³/mol. The van der Waals surface area contributed by atoms with Crippen molar-refractivity contribution in [1.82, 2.24) is 9.80 Å². The highest BCUT2D eigenvalue weighted by atomic mass is 79.9. The maximum atomic E-state index is 6.16. The first kappa shape index (κ1) is 21.1. The van der Waals surface area contributed by atoms with Crippen LogP contribution in [0.2, 0.25) is 0 Å². The Balaban J connectivity index is 1.18. The Morgan fingerprint density at radius 2 is 1.13 bits per heavy atom. The standard InChI is InChI=1S/C24H28Br2N2O2/c25-21-5-1-3-19-17(21)7-13-29-23(19)15-27-9-11-28(12-10-27)16-24-20-4-2-6-22(26)18(20)8-14-30-24/h1-6,23-24H,7-16H2. The van der Waals surface area contributed by atoms with E-state index in [0.717, 1.165) is 65.3 Å². The van der Waals surface area contributed by atoms with Gasteiger partial charge in [-0.25, -0.2) is 0 Å². The molecule has 0 N–H and O–H groups in total. The van der Waals surface area contributed by atoms with Crippen LogP contribution < -0.4 is 0 Å². The molecule has 5 rings (SSSR count). The van der Waals surface area contributed by atoms with Crippen LogP contribution in [0.15, 0.2) is 45.3 Å². The number of fused-ring (bicyclic) bond motifs is 2. The average molecular weight is 536 g/mol. The summed E-state index contributed by atoms with van der Waals surface area (Å²) in [5.41, 5.74) is 5.56. The average Bonchev–Trinajstić information content (AvgIpc) is 2.77. The van der Waals surface area contributed by atoms with Crippen LogP contribution in [0.4, 0.5) is 0 Å². The smallest absolute Gasteiger partial charge is 0.0954 e. The first-order valence-electron chi connectivity index (χ1n) is 10.9. The Hall–Kier alpha value is -0.760. The van der Waals surface area contributed by atoms with Crippen molar-refractivity contribution in [3.05, 3.63) is 67.6 Å². The minimum atomic E-state index is 0.184. The molecule has 3 heterocycles. The zero-order valence-corrected chi connectivity index (χ0v) is 20.3. The molecule has 0 radical (unpaired) electrons. The SMILES string of the molecule is Brc1cccc2c1CCOC2CN1CCN(CC2OCCc3c(Br)cccc32)CC1. The lowest BCUT2D eigenvalue weighted by Crippen LogP contribution is -2.49. The highest BCUT2D eigenvalue weighted by Crippen LogP contribution is 2.34. The highest BCUT2D eigenvalue weighted by Gasteiger charge is 2.29. The van der Waals surface area contributed by atoms with Gasteiger partial charge < -0.3 is 9.47 Å². The fraction of sp³-hybridized carbons (Fsp3) is 0.500. The summed E-state index contributed by atoms with van der Waals surface area (Å²) in [4.78, 5) is 5.12. The summed E-state index contributed by atoms with van der Waals surface area (Å²) in [6.07, 6.45) is 2.37. The molecule has 160 valence electrons. The molecule has 2 aromatic rings. The molecule has 2 aromatic carbocycles. The van der Waals surface area contributed by atoms with E-state index in [9.17, 15) is 0 Å². The van der Waals surface area contributed by atoms with Crippen LogP contribution in [0.1, 0.15) is 34.5 Å². The normalized spacial score (nSPS) is 25.0. The molecule has 3 aliphatic heterocycles. The van der Waals surface area contributed by atoms with Gasteiger partial charge in [0.05, 0.1) is 25.4 Å². The Bertz CT molecular complexity index is 825. The first-order chi connectivity index (χ1) is 14.7. The molecule has 0 aliphatic carbocycles. The number of ether oxygens (including phenoxy) is 2. The Morgan fingerprint density at radius 3 is 1.57 bits per heavy atom. The molecule has 0 amide bonds. The topological polar surface area (TPSA) is 24.9 Å². The molecule has 0 saturated carbocycles. The molecule has 0 spiro atoms. The summed E-state index contributed by atoms with van der Waals surface area (Å²) in [6, 6.07) is 13.0. The molecule has 2 atom stereocenters. The van der Waals surface area contributed by atoms with Crippen LogP contribution >= 0.6 is 31.9 Å². The number of hydrogen-bond acceptors (Lipinski definition) is 4. The fourth-order valence-electron chi connectivity index (χ4n) is 4.99. The van der Waals surface area contributed by atoms with E-state index in [2.05, 4.69) is 78.1 Å². The molecule has 6 heteroatoms. The minimum Gasteiger partial charge on any atom is -0.372 e. The van der Waals surface area contributed by atoms with Gasteiger partial charge in [-0.3, -0.25) is 9.80 Å². The lowest BCUT2D eigenvalue weighted by atomic mass is 9.96. The van der Waals surface area contributed by atoms with E-state index in [1.807, 2.05) is 0 Å². The van der Waals surface area contributed by atoms with Crippen LogP contribution in [0.5, 0.6) is 0 Å². The summed E-state index contributed by atoms with van der Waals surface area (Å²) in [6.45, 7) is 7.92. The number of halogens is 2. The number of benzene rings is 2. The Labute approximate surface area is 195 Å². The van der Waals surface area contributed by atoms with E-state index < -0.39 is 0 Å². The second-order valence-electron chi connectivity index (χ2n) is 8.44. The molecule has 1 saturated heterocycles. The second kappa shape index (κ2) is 9.39. The minimum absolute atomic E-state index is 0.184. The molecular weight excluding hydrogens is 508 g/mol. The fourth-order valence-corrected chi connectivity index (χ4v) is 6.15. The molecule has 3 aliphatic rings. The van der Waals surface area contributed by atoms with Gasteiger partial charge in [-0.05, 0) is 47.2 Å². The maximum Gasteiger partial charge on any atom is 0.0954 e. The largest absolute Gasteiger partial charge is 0.372 e. The summed E-state index contributed by atoms with van der Waals surface area (Å²) < 4.78 is 14.8. The van der Waals surface area contributed by atoms with Crippen molar-refractivity contribution in [2.45, 2.75) is 25.0 Å². The molecule has 0 bridgehead atoms. The van der Waals surface area contributed by atoms with Gasteiger partial charge >= 0.3 is 0 Å². The van der Waals surface area contributed by atoms with E-state index in [0.29, 0.717) is 0 Å². The van der Waals surface area contributed by atoms with Crippen molar-refractivity contribution in [2.24, 2.45) is 0 Å². The van der Waals surface area contributed by atoms with Crippen LogP contribution in [0.25, 0.3) is 0 Å². The van der Waals surface area contributed by atoms with Crippen molar-refractivity contribution in [1.29, 1.82) is 0 Å². The van der Waals surface area contributed by atoms with Gasteiger partial charge in [0.2, 0.25) is 0 Å². The first-order valence-corrected chi connectivity index (χ1v) is 12.5. The van der Waals surface area contributed by atoms with Gasteiger partial charge in [0.15, 0.2) is 0 Å². The molecule has 4 nitrogen and oxygen atoms in total. The quantitative estimate of drug-likeness (QED) is 0.563. The lowest BCUT2D eigenvalue weighted by molar-refractivity contribution is -0.0137. The van der Waals surface area contributed by atoms with E-state index >= 15 is 0 Å². The van der Waals surface area contributed by atoms with E-state index in [-0.39, 0.29) is 12.2 Å². The molecule has 0 aromatic heterocycles. The maximum absolute atomic E-state index is 6.16. The number of piperazine rings is 1. The van der Waals surface area contributed by atoms with E-state index in [4.69, 9.17) is 9.47 Å². The Morgan fingerprint density at radius 1 is 0.700 bits per heavy atom. The van der Waals surface area contributed by atoms with Gasteiger partial charge in [0.25, 0.3) is 0 Å². The van der Waals surface area contributed by atoms with Crippen LogP contribution in [-0.2, 0) is 22.3 Å². The molecular formula is C24H28Br2N2O2. The molecule has 1 fully saturated rings. The van der Waals surface area contributed by atoms with Crippen molar-refractivity contribution in [2.75, 3.05) is 52.5 Å². The van der Waals surface area contributed by atoms with Gasteiger partial charge in [0, 0.05) is 48.2 Å². The third-order valence-corrected chi connectivity index (χ3v) is 8.14. The summed E-state index contributed by atoms with van der Waals surface area (Å²) in [5, 5.41) is 0. The summed E-state index contributed by atoms with van der Waals surface area (Å²) in [7, 11) is 0. The van der Waals surface area contributed by atoms with Gasteiger partial charge in [0.1, 0.15) is 0 Å².